The third-order valence-electron chi connectivity index (χ3n) is 5.46. The number of amides is 1. The second kappa shape index (κ2) is 10.0. The number of carbonyl (C=O) groups is 1. The summed E-state index contributed by atoms with van der Waals surface area (Å²) in [4.78, 5) is 16.9. The van der Waals surface area contributed by atoms with Crippen LogP contribution >= 0.6 is 0 Å². The first kappa shape index (κ1) is 22.9. The van der Waals surface area contributed by atoms with Crippen molar-refractivity contribution in [2.75, 3.05) is 40.4 Å². The largest absolute Gasteiger partial charge is 0.497 e. The minimum atomic E-state index is -4.33. The first-order chi connectivity index (χ1) is 14.8. The normalized spacial score (nSPS) is 15.5. The number of halogens is 3. The molecule has 0 spiro atoms. The molecule has 31 heavy (non-hydrogen) atoms. The number of alkyl halides is 3. The fourth-order valence-corrected chi connectivity index (χ4v) is 3.73. The molecule has 0 aromatic heterocycles. The van der Waals surface area contributed by atoms with Crippen LogP contribution in [0.15, 0.2) is 42.5 Å². The first-order valence-electron chi connectivity index (χ1n) is 10.2. The molecule has 168 valence electrons. The average Bonchev–Trinajstić information content (AvgIpc) is 2.99. The standard InChI is InChI=1S/C23H27F3N2O3/c1-30-20-8-9-21(31-2)18(14-20)15-22(29)28-11-3-10-27(12-13-28)16-17-4-6-19(7-5-17)23(24,25)26/h4-9,14H,3,10-13,15-16H2,1-2H3. The van der Waals surface area contributed by atoms with Gasteiger partial charge in [0.2, 0.25) is 5.91 Å². The summed E-state index contributed by atoms with van der Waals surface area (Å²) in [6.07, 6.45) is -3.30. The van der Waals surface area contributed by atoms with E-state index in [1.807, 2.05) is 11.0 Å². The highest BCUT2D eigenvalue weighted by molar-refractivity contribution is 5.79. The maximum Gasteiger partial charge on any atom is 0.416 e. The monoisotopic (exact) mass is 436 g/mol. The molecule has 0 N–H and O–H groups in total. The van der Waals surface area contributed by atoms with Gasteiger partial charge in [-0.1, -0.05) is 12.1 Å². The number of hydrogen-bond acceptors (Lipinski definition) is 4. The molecule has 0 bridgehead atoms. The number of methoxy groups -OCH3 is 2. The van der Waals surface area contributed by atoms with Crippen molar-refractivity contribution < 1.29 is 27.4 Å². The summed E-state index contributed by atoms with van der Waals surface area (Å²) in [6.45, 7) is 3.24. The molecule has 0 saturated carbocycles. The lowest BCUT2D eigenvalue weighted by Gasteiger charge is -2.22. The molecule has 3 rings (SSSR count). The van der Waals surface area contributed by atoms with Crippen LogP contribution in [0.2, 0.25) is 0 Å². The highest BCUT2D eigenvalue weighted by atomic mass is 19.4. The van der Waals surface area contributed by atoms with E-state index in [1.165, 1.54) is 12.1 Å². The van der Waals surface area contributed by atoms with Crippen LogP contribution in [-0.4, -0.2) is 56.1 Å². The molecule has 2 aromatic rings. The van der Waals surface area contributed by atoms with Crippen LogP contribution in [0, 0.1) is 0 Å². The minimum absolute atomic E-state index is 0.0166. The topological polar surface area (TPSA) is 42.0 Å². The summed E-state index contributed by atoms with van der Waals surface area (Å²) in [5.41, 5.74) is 0.962. The van der Waals surface area contributed by atoms with Crippen molar-refractivity contribution in [3.05, 3.63) is 59.2 Å². The maximum absolute atomic E-state index is 12.9. The van der Waals surface area contributed by atoms with E-state index in [9.17, 15) is 18.0 Å². The highest BCUT2D eigenvalue weighted by Crippen LogP contribution is 2.29. The first-order valence-corrected chi connectivity index (χ1v) is 10.2. The fourth-order valence-electron chi connectivity index (χ4n) is 3.73. The van der Waals surface area contributed by atoms with Crippen molar-refractivity contribution in [3.63, 3.8) is 0 Å². The van der Waals surface area contributed by atoms with E-state index in [-0.39, 0.29) is 12.3 Å². The fraction of sp³-hybridized carbons (Fsp3) is 0.435. The zero-order valence-electron chi connectivity index (χ0n) is 17.7. The SMILES string of the molecule is COc1ccc(OC)c(CC(=O)N2CCCN(Cc3ccc(C(F)(F)F)cc3)CC2)c1. The molecule has 5 nitrogen and oxygen atoms in total. The number of ether oxygens (including phenoxy) is 2. The molecule has 1 fully saturated rings. The molecule has 1 heterocycles. The van der Waals surface area contributed by atoms with E-state index in [4.69, 9.17) is 9.47 Å². The van der Waals surface area contributed by atoms with Crippen LogP contribution < -0.4 is 9.47 Å². The molecular formula is C23H27F3N2O3. The molecule has 1 aliphatic heterocycles. The van der Waals surface area contributed by atoms with Crippen molar-refractivity contribution in [1.29, 1.82) is 0 Å². The smallest absolute Gasteiger partial charge is 0.416 e. The van der Waals surface area contributed by atoms with Gasteiger partial charge in [-0.05, 0) is 42.3 Å². The Balaban J connectivity index is 1.58. The zero-order chi connectivity index (χ0) is 22.4. The summed E-state index contributed by atoms with van der Waals surface area (Å²) in [6, 6.07) is 10.7. The minimum Gasteiger partial charge on any atom is -0.497 e. The van der Waals surface area contributed by atoms with Crippen LogP contribution in [0.1, 0.15) is 23.1 Å². The van der Waals surface area contributed by atoms with E-state index in [1.54, 1.807) is 26.4 Å². The van der Waals surface area contributed by atoms with Crippen molar-refractivity contribution in [2.24, 2.45) is 0 Å². The third kappa shape index (κ3) is 6.13. The second-order valence-electron chi connectivity index (χ2n) is 7.56. The maximum atomic E-state index is 12.9. The summed E-state index contributed by atoms with van der Waals surface area (Å²) < 4.78 is 48.8. The van der Waals surface area contributed by atoms with Gasteiger partial charge in [0.25, 0.3) is 0 Å². The Hall–Kier alpha value is -2.74. The van der Waals surface area contributed by atoms with Gasteiger partial charge in [-0.2, -0.15) is 13.2 Å². The third-order valence-corrected chi connectivity index (χ3v) is 5.46. The van der Waals surface area contributed by atoms with Gasteiger partial charge in [0.05, 0.1) is 26.2 Å². The van der Waals surface area contributed by atoms with Gasteiger partial charge in [-0.3, -0.25) is 9.69 Å². The quantitative estimate of drug-likeness (QED) is 0.687. The zero-order valence-corrected chi connectivity index (χ0v) is 17.7. The molecule has 1 aliphatic rings. The van der Waals surface area contributed by atoms with Crippen LogP contribution in [-0.2, 0) is 23.9 Å². The van der Waals surface area contributed by atoms with Gasteiger partial charge in [0.1, 0.15) is 11.5 Å². The summed E-state index contributed by atoms with van der Waals surface area (Å²) in [7, 11) is 3.15. The van der Waals surface area contributed by atoms with Gasteiger partial charge in [0, 0.05) is 38.3 Å². The molecule has 0 atom stereocenters. The number of nitrogens with zero attached hydrogens (tertiary/aromatic N) is 2. The molecule has 8 heteroatoms. The Labute approximate surface area is 180 Å². The van der Waals surface area contributed by atoms with E-state index >= 15 is 0 Å². The number of benzene rings is 2. The summed E-state index contributed by atoms with van der Waals surface area (Å²) in [5, 5.41) is 0. The molecule has 0 unspecified atom stereocenters. The molecule has 0 aliphatic carbocycles. The van der Waals surface area contributed by atoms with Crippen LogP contribution in [0.3, 0.4) is 0 Å². The average molecular weight is 436 g/mol. The predicted octanol–water partition coefficient (Wildman–Crippen LogP) is 4.00. The number of hydrogen-bond donors (Lipinski definition) is 0. The Morgan fingerprint density at radius 1 is 0.968 bits per heavy atom. The molecule has 2 aromatic carbocycles. The second-order valence-corrected chi connectivity index (χ2v) is 7.56. The van der Waals surface area contributed by atoms with E-state index < -0.39 is 11.7 Å². The lowest BCUT2D eigenvalue weighted by Crippen LogP contribution is -2.36. The van der Waals surface area contributed by atoms with E-state index in [0.717, 1.165) is 36.2 Å². The summed E-state index contributed by atoms with van der Waals surface area (Å²) >= 11 is 0. The highest BCUT2D eigenvalue weighted by Gasteiger charge is 2.30. The van der Waals surface area contributed by atoms with Crippen molar-refractivity contribution >= 4 is 5.91 Å². The van der Waals surface area contributed by atoms with E-state index in [0.29, 0.717) is 37.7 Å². The molecule has 0 radical (unpaired) electrons. The van der Waals surface area contributed by atoms with Crippen molar-refractivity contribution in [2.45, 2.75) is 25.6 Å². The Morgan fingerprint density at radius 2 is 1.71 bits per heavy atom. The van der Waals surface area contributed by atoms with E-state index in [2.05, 4.69) is 4.90 Å². The Kier molecular flexibility index (Phi) is 7.43. The van der Waals surface area contributed by atoms with Gasteiger partial charge in [-0.25, -0.2) is 0 Å². The van der Waals surface area contributed by atoms with Crippen LogP contribution in [0.5, 0.6) is 11.5 Å². The Morgan fingerprint density at radius 3 is 2.35 bits per heavy atom. The van der Waals surface area contributed by atoms with Gasteiger partial charge < -0.3 is 14.4 Å². The van der Waals surface area contributed by atoms with Gasteiger partial charge >= 0.3 is 6.18 Å². The van der Waals surface area contributed by atoms with Crippen LogP contribution in [0.25, 0.3) is 0 Å². The Bertz CT molecular complexity index is 885. The van der Waals surface area contributed by atoms with Gasteiger partial charge in [-0.15, -0.1) is 0 Å². The van der Waals surface area contributed by atoms with Gasteiger partial charge in [0.15, 0.2) is 0 Å². The summed E-state index contributed by atoms with van der Waals surface area (Å²) in [5.74, 6) is 1.33. The predicted molar refractivity (Wildman–Crippen MR) is 111 cm³/mol. The lowest BCUT2D eigenvalue weighted by molar-refractivity contribution is -0.137. The lowest BCUT2D eigenvalue weighted by atomic mass is 10.1. The molecule has 1 saturated heterocycles. The van der Waals surface area contributed by atoms with Crippen molar-refractivity contribution in [3.8, 4) is 11.5 Å². The number of rotatable bonds is 6. The number of carbonyl (C=O) groups excluding carboxylic acids is 1. The molecular weight excluding hydrogens is 409 g/mol. The molecule has 1 amide bonds. The van der Waals surface area contributed by atoms with Crippen LogP contribution in [0.4, 0.5) is 13.2 Å². The van der Waals surface area contributed by atoms with Crippen molar-refractivity contribution in [1.82, 2.24) is 9.80 Å².